The zero-order chi connectivity index (χ0) is 10.0. The molecule has 13 heavy (non-hydrogen) atoms. The van der Waals surface area contributed by atoms with Crippen molar-refractivity contribution in [3.63, 3.8) is 0 Å². The van der Waals surface area contributed by atoms with E-state index in [4.69, 9.17) is 13.1 Å². The normalized spacial score (nSPS) is 9.69. The van der Waals surface area contributed by atoms with Gasteiger partial charge in [0.15, 0.2) is 11.6 Å². The van der Waals surface area contributed by atoms with Crippen LogP contribution in [0.25, 0.3) is 0 Å². The topological polar surface area (TPSA) is 23.8 Å². The highest BCUT2D eigenvalue weighted by Crippen LogP contribution is 2.11. The summed E-state index contributed by atoms with van der Waals surface area (Å²) in [6.07, 6.45) is -0.452. The first-order chi connectivity index (χ1) is 6.07. The van der Waals surface area contributed by atoms with Crippen molar-refractivity contribution in [2.75, 3.05) is 0 Å². The van der Waals surface area contributed by atoms with Crippen molar-refractivity contribution in [1.82, 2.24) is 0 Å². The Labute approximate surface area is 74.2 Å². The summed E-state index contributed by atoms with van der Waals surface area (Å²) in [6.45, 7) is 0. The second-order valence-electron chi connectivity index (χ2n) is 2.38. The lowest BCUT2D eigenvalue weighted by atomic mass is 9.88. The molecule has 0 aliphatic rings. The fourth-order valence-electron chi connectivity index (χ4n) is 0.911. The van der Waals surface area contributed by atoms with Gasteiger partial charge >= 0.3 is 0 Å². The largest absolute Gasteiger partial charge is 0.208 e. The van der Waals surface area contributed by atoms with E-state index in [0.29, 0.717) is 6.07 Å². The molecule has 0 fully saturated rings. The highest BCUT2D eigenvalue weighted by atomic mass is 19.2. The molecule has 0 spiro atoms. The molecular weight excluding hydrogens is 178 g/mol. The Kier molecular flexibility index (Phi) is 2.62. The fraction of sp³-hybridized carbons (Fsp3) is 0.125. The quantitative estimate of drug-likeness (QED) is 0.467. The molecule has 0 aromatic heterocycles. The van der Waals surface area contributed by atoms with E-state index in [-0.39, 0.29) is 0 Å². The lowest BCUT2D eigenvalue weighted by Crippen LogP contribution is -2.18. The standard InChI is InChI=1S/C8H3BF3N/c9-7-4(1-2-13)8(12)6(11)3-5(7)10/h3H,1H2. The van der Waals surface area contributed by atoms with Crippen molar-refractivity contribution in [3.8, 4) is 6.07 Å². The van der Waals surface area contributed by atoms with Crippen LogP contribution in [0.2, 0.25) is 0 Å². The van der Waals surface area contributed by atoms with Gasteiger partial charge in [-0.25, -0.2) is 13.2 Å². The van der Waals surface area contributed by atoms with Gasteiger partial charge < -0.3 is 0 Å². The lowest BCUT2D eigenvalue weighted by molar-refractivity contribution is 0.490. The molecule has 0 bridgehead atoms. The molecule has 0 saturated heterocycles. The number of halogens is 3. The van der Waals surface area contributed by atoms with Crippen molar-refractivity contribution in [1.29, 1.82) is 5.26 Å². The lowest BCUT2D eigenvalue weighted by Gasteiger charge is -2.05. The number of rotatable bonds is 1. The zero-order valence-corrected chi connectivity index (χ0v) is 6.44. The third-order valence-corrected chi connectivity index (χ3v) is 1.57. The fourth-order valence-corrected chi connectivity index (χ4v) is 0.911. The van der Waals surface area contributed by atoms with Crippen LogP contribution in [0.15, 0.2) is 6.07 Å². The van der Waals surface area contributed by atoms with Gasteiger partial charge in [-0.15, -0.1) is 0 Å². The van der Waals surface area contributed by atoms with Crippen LogP contribution in [0, 0.1) is 28.8 Å². The molecule has 0 aliphatic carbocycles. The van der Waals surface area contributed by atoms with Gasteiger partial charge in [0.05, 0.1) is 12.5 Å². The Hall–Kier alpha value is -1.44. The summed E-state index contributed by atoms with van der Waals surface area (Å²) >= 11 is 0. The second kappa shape index (κ2) is 3.52. The molecule has 64 valence electrons. The van der Waals surface area contributed by atoms with Gasteiger partial charge in [-0.3, -0.25) is 0 Å². The molecule has 1 rings (SSSR count). The first-order valence-electron chi connectivity index (χ1n) is 3.36. The van der Waals surface area contributed by atoms with Crippen LogP contribution in [0.5, 0.6) is 0 Å². The number of nitriles is 1. The molecule has 0 heterocycles. The molecular formula is C8H3BF3N. The maximum absolute atomic E-state index is 12.9. The van der Waals surface area contributed by atoms with Gasteiger partial charge in [-0.2, -0.15) is 5.26 Å². The van der Waals surface area contributed by atoms with E-state index < -0.39 is 34.9 Å². The zero-order valence-electron chi connectivity index (χ0n) is 6.44. The predicted molar refractivity (Wildman–Crippen MR) is 41.0 cm³/mol. The third-order valence-electron chi connectivity index (χ3n) is 1.57. The van der Waals surface area contributed by atoms with E-state index in [1.54, 1.807) is 6.07 Å². The summed E-state index contributed by atoms with van der Waals surface area (Å²) in [4.78, 5) is 0. The maximum atomic E-state index is 12.9. The van der Waals surface area contributed by atoms with E-state index in [9.17, 15) is 13.2 Å². The van der Waals surface area contributed by atoms with Crippen LogP contribution in [0.3, 0.4) is 0 Å². The molecule has 5 heteroatoms. The van der Waals surface area contributed by atoms with Crippen molar-refractivity contribution in [2.45, 2.75) is 6.42 Å². The molecule has 0 saturated carbocycles. The van der Waals surface area contributed by atoms with Crippen molar-refractivity contribution in [2.24, 2.45) is 0 Å². The second-order valence-corrected chi connectivity index (χ2v) is 2.38. The summed E-state index contributed by atoms with van der Waals surface area (Å²) in [5, 5.41) is 8.23. The third kappa shape index (κ3) is 1.67. The molecule has 1 nitrogen and oxygen atoms in total. The first-order valence-corrected chi connectivity index (χ1v) is 3.36. The van der Waals surface area contributed by atoms with Crippen LogP contribution in [-0.2, 0) is 6.42 Å². The van der Waals surface area contributed by atoms with E-state index in [1.807, 2.05) is 0 Å². The minimum Gasteiger partial charge on any atom is -0.208 e. The number of hydrogen-bond donors (Lipinski definition) is 0. The van der Waals surface area contributed by atoms with Crippen molar-refractivity contribution < 1.29 is 13.2 Å². The minimum atomic E-state index is -1.34. The Morgan fingerprint density at radius 2 is 1.92 bits per heavy atom. The average Bonchev–Trinajstić information content (AvgIpc) is 2.09. The Balaban J connectivity index is 3.39. The van der Waals surface area contributed by atoms with E-state index >= 15 is 0 Å². The predicted octanol–water partition coefficient (Wildman–Crippen LogP) is 0.964. The molecule has 1 aromatic carbocycles. The number of benzene rings is 1. The van der Waals surface area contributed by atoms with E-state index in [1.165, 1.54) is 0 Å². The summed E-state index contributed by atoms with van der Waals surface area (Å²) < 4.78 is 38.1. The van der Waals surface area contributed by atoms with Crippen LogP contribution in [-0.4, -0.2) is 7.85 Å². The average molecular weight is 181 g/mol. The van der Waals surface area contributed by atoms with Crippen LogP contribution < -0.4 is 5.46 Å². The van der Waals surface area contributed by atoms with Gasteiger partial charge in [0, 0.05) is 11.6 Å². The highest BCUT2D eigenvalue weighted by molar-refractivity contribution is 6.33. The van der Waals surface area contributed by atoms with Crippen LogP contribution >= 0.6 is 0 Å². The molecule has 0 unspecified atom stereocenters. The Morgan fingerprint density at radius 3 is 2.46 bits per heavy atom. The number of nitrogens with zero attached hydrogens (tertiary/aromatic N) is 1. The molecule has 0 amide bonds. The van der Waals surface area contributed by atoms with Gasteiger partial charge in [0.1, 0.15) is 13.7 Å². The smallest absolute Gasteiger partial charge is 0.162 e. The Bertz CT molecular complexity index is 358. The Morgan fingerprint density at radius 1 is 1.31 bits per heavy atom. The van der Waals surface area contributed by atoms with E-state index in [2.05, 4.69) is 0 Å². The molecule has 1 aromatic rings. The summed E-state index contributed by atoms with van der Waals surface area (Å²) in [5.41, 5.74) is -0.944. The highest BCUT2D eigenvalue weighted by Gasteiger charge is 2.14. The molecule has 0 aliphatic heterocycles. The molecule has 2 radical (unpaired) electrons. The van der Waals surface area contributed by atoms with Crippen molar-refractivity contribution in [3.05, 3.63) is 29.1 Å². The van der Waals surface area contributed by atoms with Crippen LogP contribution in [0.4, 0.5) is 13.2 Å². The van der Waals surface area contributed by atoms with Crippen LogP contribution in [0.1, 0.15) is 5.56 Å². The van der Waals surface area contributed by atoms with Gasteiger partial charge in [0.2, 0.25) is 0 Å². The minimum absolute atomic E-state index is 0.353. The van der Waals surface area contributed by atoms with Gasteiger partial charge in [0.25, 0.3) is 0 Å². The first kappa shape index (κ1) is 9.65. The summed E-state index contributed by atoms with van der Waals surface area (Å²) in [5.74, 6) is -3.65. The summed E-state index contributed by atoms with van der Waals surface area (Å²) in [7, 11) is 5.11. The van der Waals surface area contributed by atoms with Gasteiger partial charge in [-0.1, -0.05) is 5.46 Å². The van der Waals surface area contributed by atoms with Gasteiger partial charge in [-0.05, 0) is 0 Å². The molecule has 0 atom stereocenters. The number of hydrogen-bond acceptors (Lipinski definition) is 1. The maximum Gasteiger partial charge on any atom is 0.162 e. The van der Waals surface area contributed by atoms with E-state index in [0.717, 1.165) is 0 Å². The summed E-state index contributed by atoms with van der Waals surface area (Å²) in [6, 6.07) is 1.92. The SMILES string of the molecule is [B]c1c(F)cc(F)c(F)c1CC#N. The molecule has 0 N–H and O–H groups in total. The van der Waals surface area contributed by atoms with Crippen molar-refractivity contribution >= 4 is 13.3 Å². The monoisotopic (exact) mass is 181 g/mol.